The molecule has 7 heteroatoms. The fourth-order valence-corrected chi connectivity index (χ4v) is 4.66. The van der Waals surface area contributed by atoms with Crippen molar-refractivity contribution >= 4 is 28.5 Å². The van der Waals surface area contributed by atoms with Crippen LogP contribution in [0.2, 0.25) is 0 Å². The average Bonchev–Trinajstić information content (AvgIpc) is 3.08. The number of aryl methyl sites for hydroxylation is 1. The molecular formula is C23H33N5O2. The Kier molecular flexibility index (Phi) is 6.37. The van der Waals surface area contributed by atoms with E-state index in [1.807, 2.05) is 37.1 Å². The number of hydrogen-bond donors (Lipinski definition) is 1. The Morgan fingerprint density at radius 2 is 1.83 bits per heavy atom. The zero-order chi connectivity index (χ0) is 21.1. The first kappa shape index (κ1) is 20.8. The summed E-state index contributed by atoms with van der Waals surface area (Å²) in [4.78, 5) is 33.6. The molecule has 4 rings (SSSR count). The van der Waals surface area contributed by atoms with Crippen LogP contribution >= 0.6 is 0 Å². The number of carbonyl (C=O) groups is 2. The second kappa shape index (κ2) is 9.16. The quantitative estimate of drug-likeness (QED) is 0.821. The summed E-state index contributed by atoms with van der Waals surface area (Å²) in [5.74, 6) is 1.54. The Morgan fingerprint density at radius 3 is 2.53 bits per heavy atom. The summed E-state index contributed by atoms with van der Waals surface area (Å²) in [5, 5.41) is 3.10. The van der Waals surface area contributed by atoms with E-state index in [2.05, 4.69) is 14.8 Å². The third kappa shape index (κ3) is 4.51. The van der Waals surface area contributed by atoms with Crippen LogP contribution in [-0.2, 0) is 23.2 Å². The number of fused-ring (bicyclic) bond motifs is 1. The predicted molar refractivity (Wildman–Crippen MR) is 118 cm³/mol. The minimum absolute atomic E-state index is 0.143. The third-order valence-corrected chi connectivity index (χ3v) is 6.61. The van der Waals surface area contributed by atoms with Crippen LogP contribution in [0.15, 0.2) is 18.2 Å². The summed E-state index contributed by atoms with van der Waals surface area (Å²) in [6, 6.07) is 6.00. The van der Waals surface area contributed by atoms with Gasteiger partial charge in [0.2, 0.25) is 11.8 Å². The van der Waals surface area contributed by atoms with Gasteiger partial charge < -0.3 is 14.8 Å². The van der Waals surface area contributed by atoms with Crippen molar-refractivity contribution in [1.29, 1.82) is 0 Å². The van der Waals surface area contributed by atoms with E-state index in [1.54, 1.807) is 0 Å². The molecule has 7 nitrogen and oxygen atoms in total. The molecule has 1 saturated heterocycles. The van der Waals surface area contributed by atoms with Crippen LogP contribution in [0.3, 0.4) is 0 Å². The maximum Gasteiger partial charge on any atom is 0.227 e. The lowest BCUT2D eigenvalue weighted by atomic mass is 9.88. The number of anilines is 1. The minimum atomic E-state index is 0.143. The van der Waals surface area contributed by atoms with Crippen LogP contribution in [0, 0.1) is 5.92 Å². The van der Waals surface area contributed by atoms with Crippen molar-refractivity contribution in [1.82, 2.24) is 19.4 Å². The smallest absolute Gasteiger partial charge is 0.227 e. The van der Waals surface area contributed by atoms with Gasteiger partial charge in [0.25, 0.3) is 0 Å². The first-order valence-electron chi connectivity index (χ1n) is 11.3. The van der Waals surface area contributed by atoms with Gasteiger partial charge in [-0.05, 0) is 31.0 Å². The first-order chi connectivity index (χ1) is 14.5. The second-order valence-electron chi connectivity index (χ2n) is 8.63. The van der Waals surface area contributed by atoms with Crippen molar-refractivity contribution in [3.8, 4) is 0 Å². The Labute approximate surface area is 178 Å². The lowest BCUT2D eigenvalue weighted by Gasteiger charge is -2.34. The highest BCUT2D eigenvalue weighted by molar-refractivity contribution is 5.94. The van der Waals surface area contributed by atoms with E-state index < -0.39 is 0 Å². The molecule has 2 fully saturated rings. The van der Waals surface area contributed by atoms with Crippen LogP contribution in [-0.4, -0.2) is 57.3 Å². The van der Waals surface area contributed by atoms with Gasteiger partial charge in [-0.25, -0.2) is 4.98 Å². The van der Waals surface area contributed by atoms with Gasteiger partial charge in [0.05, 0.1) is 17.6 Å². The number of piperazine rings is 1. The number of hydrogen-bond acceptors (Lipinski definition) is 4. The molecule has 0 bridgehead atoms. The van der Waals surface area contributed by atoms with E-state index in [9.17, 15) is 9.59 Å². The number of nitrogens with zero attached hydrogens (tertiary/aromatic N) is 4. The van der Waals surface area contributed by atoms with Gasteiger partial charge >= 0.3 is 0 Å². The Bertz CT molecular complexity index is 908. The molecule has 0 unspecified atom stereocenters. The largest absolute Gasteiger partial charge is 0.340 e. The van der Waals surface area contributed by atoms with Gasteiger partial charge in [-0.3, -0.25) is 14.5 Å². The lowest BCUT2D eigenvalue weighted by Crippen LogP contribution is -2.48. The normalized spacial score (nSPS) is 18.7. The van der Waals surface area contributed by atoms with E-state index in [1.165, 1.54) is 6.42 Å². The Morgan fingerprint density at radius 1 is 1.10 bits per heavy atom. The summed E-state index contributed by atoms with van der Waals surface area (Å²) >= 11 is 0. The number of amides is 2. The molecular weight excluding hydrogens is 378 g/mol. The van der Waals surface area contributed by atoms with Crippen LogP contribution in [0.5, 0.6) is 0 Å². The molecule has 1 saturated carbocycles. The van der Waals surface area contributed by atoms with E-state index in [0.29, 0.717) is 6.42 Å². The first-order valence-corrected chi connectivity index (χ1v) is 11.3. The summed E-state index contributed by atoms with van der Waals surface area (Å²) in [6.45, 7) is 6.00. The lowest BCUT2D eigenvalue weighted by molar-refractivity contribution is -0.132. The number of aromatic nitrogens is 2. The van der Waals surface area contributed by atoms with Gasteiger partial charge in [-0.15, -0.1) is 0 Å². The Balaban J connectivity index is 1.41. The molecule has 2 aromatic rings. The van der Waals surface area contributed by atoms with Crippen LogP contribution in [0.4, 0.5) is 5.69 Å². The van der Waals surface area contributed by atoms with E-state index in [-0.39, 0.29) is 17.7 Å². The highest BCUT2D eigenvalue weighted by atomic mass is 16.2. The standard InChI is InChI=1S/C23H33N5O2/c1-3-22(29)28-13-11-27(12-14-28)16-21-25-19-15-18(9-10-20(19)26(21)2)24-23(30)17-7-5-4-6-8-17/h9-10,15,17H,3-8,11-14,16H2,1-2H3,(H,24,30). The molecule has 2 heterocycles. The molecule has 0 spiro atoms. The molecule has 2 aliphatic rings. The summed E-state index contributed by atoms with van der Waals surface area (Å²) < 4.78 is 2.13. The summed E-state index contributed by atoms with van der Waals surface area (Å²) in [7, 11) is 2.04. The van der Waals surface area contributed by atoms with Crippen molar-refractivity contribution in [2.24, 2.45) is 13.0 Å². The fourth-order valence-electron chi connectivity index (χ4n) is 4.66. The van der Waals surface area contributed by atoms with Crippen molar-refractivity contribution < 1.29 is 9.59 Å². The van der Waals surface area contributed by atoms with Crippen molar-refractivity contribution in [3.05, 3.63) is 24.0 Å². The summed E-state index contributed by atoms with van der Waals surface area (Å²) in [6.07, 6.45) is 6.13. The molecule has 162 valence electrons. The molecule has 1 aromatic heterocycles. The molecule has 1 N–H and O–H groups in total. The van der Waals surface area contributed by atoms with Gasteiger partial charge in [-0.1, -0.05) is 26.2 Å². The molecule has 1 aliphatic heterocycles. The van der Waals surface area contributed by atoms with Crippen molar-refractivity contribution in [2.45, 2.75) is 52.0 Å². The highest BCUT2D eigenvalue weighted by Crippen LogP contribution is 2.26. The number of nitrogens with one attached hydrogen (secondary N) is 1. The fraction of sp³-hybridized carbons (Fsp3) is 0.609. The van der Waals surface area contributed by atoms with E-state index in [4.69, 9.17) is 4.98 Å². The number of carbonyl (C=O) groups excluding carboxylic acids is 2. The van der Waals surface area contributed by atoms with E-state index in [0.717, 1.165) is 81.0 Å². The predicted octanol–water partition coefficient (Wildman–Crippen LogP) is 3.15. The van der Waals surface area contributed by atoms with Gasteiger partial charge in [-0.2, -0.15) is 0 Å². The zero-order valence-corrected chi connectivity index (χ0v) is 18.2. The maximum absolute atomic E-state index is 12.6. The van der Waals surface area contributed by atoms with Gasteiger partial charge in [0.1, 0.15) is 5.82 Å². The monoisotopic (exact) mass is 411 g/mol. The minimum Gasteiger partial charge on any atom is -0.340 e. The number of imidazole rings is 1. The molecule has 0 radical (unpaired) electrons. The van der Waals surface area contributed by atoms with Crippen molar-refractivity contribution in [2.75, 3.05) is 31.5 Å². The number of benzene rings is 1. The second-order valence-corrected chi connectivity index (χ2v) is 8.63. The maximum atomic E-state index is 12.6. The molecule has 0 atom stereocenters. The summed E-state index contributed by atoms with van der Waals surface area (Å²) in [5.41, 5.74) is 2.81. The average molecular weight is 412 g/mol. The molecule has 2 amide bonds. The van der Waals surface area contributed by atoms with Crippen LogP contribution in [0.25, 0.3) is 11.0 Å². The van der Waals surface area contributed by atoms with Crippen LogP contribution < -0.4 is 5.32 Å². The van der Waals surface area contributed by atoms with Gasteiger partial charge in [0, 0.05) is 51.3 Å². The topological polar surface area (TPSA) is 70.5 Å². The highest BCUT2D eigenvalue weighted by Gasteiger charge is 2.23. The van der Waals surface area contributed by atoms with Crippen molar-refractivity contribution in [3.63, 3.8) is 0 Å². The van der Waals surface area contributed by atoms with E-state index >= 15 is 0 Å². The Hall–Kier alpha value is -2.41. The SMILES string of the molecule is CCC(=O)N1CCN(Cc2nc3cc(NC(=O)C4CCCCC4)ccc3n2C)CC1. The molecule has 1 aliphatic carbocycles. The third-order valence-electron chi connectivity index (χ3n) is 6.61. The van der Waals surface area contributed by atoms with Gasteiger partial charge in [0.15, 0.2) is 0 Å². The number of rotatable bonds is 5. The zero-order valence-electron chi connectivity index (χ0n) is 18.2. The molecule has 1 aromatic carbocycles. The molecule has 30 heavy (non-hydrogen) atoms. The van der Waals surface area contributed by atoms with Crippen LogP contribution in [0.1, 0.15) is 51.3 Å².